The van der Waals surface area contributed by atoms with Gasteiger partial charge >= 0.3 is 5.97 Å². The van der Waals surface area contributed by atoms with Crippen molar-refractivity contribution < 1.29 is 14.7 Å². The van der Waals surface area contributed by atoms with Crippen LogP contribution >= 0.6 is 0 Å². The largest absolute Gasteiger partial charge is 0.478 e. The fourth-order valence-corrected chi connectivity index (χ4v) is 2.85. The van der Waals surface area contributed by atoms with Crippen molar-refractivity contribution in [1.82, 2.24) is 5.32 Å². The Hall–Kier alpha value is -1.32. The molecule has 4 heteroatoms. The van der Waals surface area contributed by atoms with Crippen LogP contribution in [0.2, 0.25) is 0 Å². The highest BCUT2D eigenvalue weighted by Crippen LogP contribution is 2.38. The monoisotopic (exact) mass is 239 g/mol. The lowest BCUT2D eigenvalue weighted by Gasteiger charge is -2.39. The topological polar surface area (TPSA) is 66.4 Å². The summed E-state index contributed by atoms with van der Waals surface area (Å²) in [7, 11) is 0. The van der Waals surface area contributed by atoms with E-state index < -0.39 is 5.97 Å². The summed E-state index contributed by atoms with van der Waals surface area (Å²) in [5.41, 5.74) is 0.242. The summed E-state index contributed by atoms with van der Waals surface area (Å²) in [6, 6.07) is 0.152. The van der Waals surface area contributed by atoms with Crippen LogP contribution in [0.3, 0.4) is 0 Å². The van der Waals surface area contributed by atoms with Crippen LogP contribution in [0.25, 0.3) is 0 Å². The second-order valence-electron chi connectivity index (χ2n) is 5.79. The van der Waals surface area contributed by atoms with Gasteiger partial charge in [0, 0.05) is 18.2 Å². The number of hydrogen-bond donors (Lipinski definition) is 2. The van der Waals surface area contributed by atoms with E-state index in [4.69, 9.17) is 5.11 Å². The van der Waals surface area contributed by atoms with E-state index >= 15 is 0 Å². The van der Waals surface area contributed by atoms with Gasteiger partial charge in [0.25, 0.3) is 0 Å². The van der Waals surface area contributed by atoms with Crippen molar-refractivity contribution in [3.8, 4) is 0 Å². The Labute approximate surface area is 102 Å². The second kappa shape index (κ2) is 5.34. The van der Waals surface area contributed by atoms with Crippen molar-refractivity contribution in [3.05, 3.63) is 12.2 Å². The van der Waals surface area contributed by atoms with Crippen LogP contribution in [-0.4, -0.2) is 23.0 Å². The summed E-state index contributed by atoms with van der Waals surface area (Å²) < 4.78 is 0. The molecule has 0 radical (unpaired) electrons. The second-order valence-corrected chi connectivity index (χ2v) is 5.79. The first-order valence-electron chi connectivity index (χ1n) is 6.00. The maximum atomic E-state index is 11.5. The lowest BCUT2D eigenvalue weighted by Crippen LogP contribution is -2.42. The Bertz CT molecular complexity index is 334. The van der Waals surface area contributed by atoms with Crippen molar-refractivity contribution in [2.45, 2.75) is 46.1 Å². The predicted octanol–water partition coefficient (Wildman–Crippen LogP) is 1.96. The van der Waals surface area contributed by atoms with Gasteiger partial charge in [-0.2, -0.15) is 0 Å². The van der Waals surface area contributed by atoms with Crippen LogP contribution < -0.4 is 5.32 Å². The molecule has 17 heavy (non-hydrogen) atoms. The molecule has 0 unspecified atom stereocenters. The summed E-state index contributed by atoms with van der Waals surface area (Å²) in [6.45, 7) is 6.59. The van der Waals surface area contributed by atoms with E-state index in [1.807, 2.05) is 0 Å². The Morgan fingerprint density at radius 2 is 1.94 bits per heavy atom. The van der Waals surface area contributed by atoms with Gasteiger partial charge in [0.05, 0.1) is 0 Å². The normalized spacial score (nSPS) is 27.9. The number of carboxylic acids is 1. The molecule has 2 N–H and O–H groups in total. The molecule has 0 aromatic rings. The summed E-state index contributed by atoms with van der Waals surface area (Å²) >= 11 is 0. The molecular formula is C13H21NO3. The highest BCUT2D eigenvalue weighted by atomic mass is 16.4. The van der Waals surface area contributed by atoms with E-state index in [1.54, 1.807) is 0 Å². The first-order valence-corrected chi connectivity index (χ1v) is 6.00. The zero-order valence-corrected chi connectivity index (χ0v) is 10.7. The van der Waals surface area contributed by atoms with Crippen molar-refractivity contribution in [2.24, 2.45) is 11.3 Å². The molecular weight excluding hydrogens is 218 g/mol. The molecule has 0 saturated heterocycles. The van der Waals surface area contributed by atoms with Crippen molar-refractivity contribution in [3.63, 3.8) is 0 Å². The fraction of sp³-hybridized carbons (Fsp3) is 0.692. The van der Waals surface area contributed by atoms with Gasteiger partial charge < -0.3 is 10.4 Å². The summed E-state index contributed by atoms with van der Waals surface area (Å²) in [6.07, 6.45) is 5.03. The van der Waals surface area contributed by atoms with E-state index in [-0.39, 0.29) is 17.4 Å². The van der Waals surface area contributed by atoms with Gasteiger partial charge in [0.2, 0.25) is 5.91 Å². The maximum absolute atomic E-state index is 11.5. The Balaban J connectivity index is 2.51. The number of nitrogens with one attached hydrogen (secondary N) is 1. The Morgan fingerprint density at radius 1 is 1.29 bits per heavy atom. The van der Waals surface area contributed by atoms with Crippen LogP contribution in [0.4, 0.5) is 0 Å². The van der Waals surface area contributed by atoms with Crippen molar-refractivity contribution in [1.29, 1.82) is 0 Å². The molecule has 1 aliphatic rings. The minimum absolute atomic E-state index is 0.152. The van der Waals surface area contributed by atoms with Gasteiger partial charge in [-0.1, -0.05) is 20.8 Å². The minimum atomic E-state index is -1.10. The Morgan fingerprint density at radius 3 is 2.47 bits per heavy atom. The lowest BCUT2D eigenvalue weighted by atomic mass is 9.70. The summed E-state index contributed by atoms with van der Waals surface area (Å²) in [4.78, 5) is 21.8. The van der Waals surface area contributed by atoms with Gasteiger partial charge in [0.15, 0.2) is 0 Å². The quantitative estimate of drug-likeness (QED) is 0.740. The SMILES string of the molecule is C[C@H]1C[C@H](NC(=O)/C=C\C(=O)O)CC(C)(C)C1. The number of carboxylic acid groups (broad SMARTS) is 1. The van der Waals surface area contributed by atoms with Crippen molar-refractivity contribution in [2.75, 3.05) is 0 Å². The molecule has 0 spiro atoms. The molecule has 0 heterocycles. The number of rotatable bonds is 3. The smallest absolute Gasteiger partial charge is 0.328 e. The van der Waals surface area contributed by atoms with E-state index in [1.165, 1.54) is 6.42 Å². The highest BCUT2D eigenvalue weighted by Gasteiger charge is 2.32. The van der Waals surface area contributed by atoms with Gasteiger partial charge in [-0.05, 0) is 30.6 Å². The van der Waals surface area contributed by atoms with E-state index in [0.29, 0.717) is 5.92 Å². The summed E-state index contributed by atoms with van der Waals surface area (Å²) in [5.74, 6) is -0.827. The molecule has 1 aliphatic carbocycles. The molecule has 0 bridgehead atoms. The average molecular weight is 239 g/mol. The molecule has 0 aromatic heterocycles. The van der Waals surface area contributed by atoms with Gasteiger partial charge in [0.1, 0.15) is 0 Å². The predicted molar refractivity (Wildman–Crippen MR) is 65.5 cm³/mol. The highest BCUT2D eigenvalue weighted by molar-refractivity contribution is 5.93. The summed E-state index contributed by atoms with van der Waals surface area (Å²) in [5, 5.41) is 11.3. The van der Waals surface area contributed by atoms with Crippen LogP contribution in [0, 0.1) is 11.3 Å². The van der Waals surface area contributed by atoms with E-state index in [9.17, 15) is 9.59 Å². The number of amides is 1. The van der Waals surface area contributed by atoms with Crippen LogP contribution in [0.15, 0.2) is 12.2 Å². The first-order chi connectivity index (χ1) is 7.78. The van der Waals surface area contributed by atoms with Gasteiger partial charge in [-0.25, -0.2) is 4.79 Å². The zero-order chi connectivity index (χ0) is 13.1. The third kappa shape index (κ3) is 5.02. The molecule has 4 nitrogen and oxygen atoms in total. The third-order valence-corrected chi connectivity index (χ3v) is 3.11. The standard InChI is InChI=1S/C13H21NO3/c1-9-6-10(8-13(2,3)7-9)14-11(15)4-5-12(16)17/h4-5,9-10H,6-8H2,1-3H3,(H,14,15)(H,16,17)/b5-4-/t9-,10-/m0/s1. The third-order valence-electron chi connectivity index (χ3n) is 3.11. The minimum Gasteiger partial charge on any atom is -0.478 e. The molecule has 96 valence electrons. The lowest BCUT2D eigenvalue weighted by molar-refractivity contribution is -0.131. The van der Waals surface area contributed by atoms with E-state index in [0.717, 1.165) is 25.0 Å². The fourth-order valence-electron chi connectivity index (χ4n) is 2.85. The molecule has 1 rings (SSSR count). The molecule has 0 aromatic carbocycles. The van der Waals surface area contributed by atoms with E-state index in [2.05, 4.69) is 26.1 Å². The number of carbonyl (C=O) groups excluding carboxylic acids is 1. The molecule has 1 fully saturated rings. The van der Waals surface area contributed by atoms with Gasteiger partial charge in [-0.3, -0.25) is 4.79 Å². The van der Waals surface area contributed by atoms with Gasteiger partial charge in [-0.15, -0.1) is 0 Å². The molecule has 1 saturated carbocycles. The number of aliphatic carboxylic acids is 1. The molecule has 2 atom stereocenters. The van der Waals surface area contributed by atoms with Crippen LogP contribution in [-0.2, 0) is 9.59 Å². The Kier molecular flexibility index (Phi) is 4.32. The first kappa shape index (κ1) is 13.7. The molecule has 1 amide bonds. The maximum Gasteiger partial charge on any atom is 0.328 e. The van der Waals surface area contributed by atoms with Crippen LogP contribution in [0.1, 0.15) is 40.0 Å². The van der Waals surface area contributed by atoms with Crippen molar-refractivity contribution >= 4 is 11.9 Å². The van der Waals surface area contributed by atoms with Crippen LogP contribution in [0.5, 0.6) is 0 Å². The number of carbonyl (C=O) groups is 2. The molecule has 0 aliphatic heterocycles. The average Bonchev–Trinajstić information content (AvgIpc) is 2.11. The zero-order valence-electron chi connectivity index (χ0n) is 10.7. The number of hydrogen-bond acceptors (Lipinski definition) is 2.